The maximum Gasteiger partial charge on any atom is 0.416 e. The first-order chi connectivity index (χ1) is 17.8. The number of nitrogens with zero attached hydrogens (tertiary/aromatic N) is 6. The molecule has 10 heteroatoms. The summed E-state index contributed by atoms with van der Waals surface area (Å²) in [5, 5.41) is 15.4. The molecular weight excluding hydrogens is 484 g/mol. The number of benzene rings is 2. The smallest absolute Gasteiger partial charge is 0.354 e. The van der Waals surface area contributed by atoms with Crippen LogP contribution in [0.4, 0.5) is 23.4 Å². The van der Waals surface area contributed by atoms with Crippen LogP contribution in [0.3, 0.4) is 0 Å². The van der Waals surface area contributed by atoms with Crippen molar-refractivity contribution < 1.29 is 17.6 Å². The van der Waals surface area contributed by atoms with Crippen molar-refractivity contribution in [1.82, 2.24) is 24.9 Å². The Bertz CT molecular complexity index is 1390. The van der Waals surface area contributed by atoms with Crippen molar-refractivity contribution in [2.45, 2.75) is 38.5 Å². The fourth-order valence-corrected chi connectivity index (χ4v) is 5.23. The molecule has 1 aliphatic rings. The second-order valence-corrected chi connectivity index (χ2v) is 9.34. The summed E-state index contributed by atoms with van der Waals surface area (Å²) in [6.45, 7) is 4.08. The van der Waals surface area contributed by atoms with Crippen LogP contribution < -0.4 is 4.90 Å². The van der Waals surface area contributed by atoms with Crippen LogP contribution in [0, 0.1) is 5.82 Å². The molecule has 4 aromatic rings. The Hall–Kier alpha value is -3.53. The Kier molecular flexibility index (Phi) is 6.85. The maximum atomic E-state index is 13.6. The number of piperidine rings is 1. The van der Waals surface area contributed by atoms with Gasteiger partial charge in [-0.25, -0.2) is 4.39 Å². The number of rotatable bonds is 6. The van der Waals surface area contributed by atoms with E-state index in [1.54, 1.807) is 10.9 Å². The van der Waals surface area contributed by atoms with Crippen LogP contribution in [0.15, 0.2) is 54.7 Å². The highest BCUT2D eigenvalue weighted by atomic mass is 19.4. The second kappa shape index (κ2) is 10.1. The standard InChI is InChI=1S/C27H28F4N6/c1-3-36(17-18-8-9-19(28)16-23(18)27(29,30)31)20-11-14-37(15-12-20)26-22-7-5-4-6-21(22)25(33-34-26)24-10-13-32-35(24)2/h4-10,13,16,20H,3,11-12,14-15,17H2,1-2H3. The SMILES string of the molecule is CCN(Cc1ccc(F)cc1C(F)(F)F)C1CCN(c2nnc(-c3ccnn3C)c3ccccc23)CC1. The summed E-state index contributed by atoms with van der Waals surface area (Å²) in [4.78, 5) is 4.25. The summed E-state index contributed by atoms with van der Waals surface area (Å²) < 4.78 is 55.9. The number of aryl methyl sites for hydroxylation is 1. The van der Waals surface area contributed by atoms with Gasteiger partial charge in [0.25, 0.3) is 0 Å². The zero-order valence-electron chi connectivity index (χ0n) is 20.7. The summed E-state index contributed by atoms with van der Waals surface area (Å²) in [5.41, 5.74) is 0.845. The Morgan fingerprint density at radius 2 is 1.73 bits per heavy atom. The number of alkyl halides is 3. The number of fused-ring (bicyclic) bond motifs is 1. The fraction of sp³-hybridized carbons (Fsp3) is 0.370. The molecule has 0 atom stereocenters. The van der Waals surface area contributed by atoms with Crippen LogP contribution in [-0.4, -0.2) is 50.6 Å². The van der Waals surface area contributed by atoms with E-state index in [2.05, 4.69) is 25.1 Å². The minimum atomic E-state index is -4.60. The lowest BCUT2D eigenvalue weighted by Gasteiger charge is -2.39. The maximum absolute atomic E-state index is 13.6. The van der Waals surface area contributed by atoms with Crippen LogP contribution in [-0.2, 0) is 19.8 Å². The third-order valence-electron chi connectivity index (χ3n) is 7.17. The molecule has 37 heavy (non-hydrogen) atoms. The van der Waals surface area contributed by atoms with E-state index in [-0.39, 0.29) is 18.2 Å². The number of aromatic nitrogens is 4. The van der Waals surface area contributed by atoms with Crippen molar-refractivity contribution in [3.63, 3.8) is 0 Å². The van der Waals surface area contributed by atoms with Crippen molar-refractivity contribution in [2.75, 3.05) is 24.5 Å². The van der Waals surface area contributed by atoms with E-state index < -0.39 is 17.6 Å². The van der Waals surface area contributed by atoms with E-state index in [0.29, 0.717) is 25.7 Å². The third-order valence-corrected chi connectivity index (χ3v) is 7.17. The number of hydrogen-bond acceptors (Lipinski definition) is 5. The predicted molar refractivity (Wildman–Crippen MR) is 134 cm³/mol. The number of halogens is 4. The molecule has 0 N–H and O–H groups in total. The van der Waals surface area contributed by atoms with Crippen LogP contribution in [0.2, 0.25) is 0 Å². The quantitative estimate of drug-likeness (QED) is 0.311. The highest BCUT2D eigenvalue weighted by Crippen LogP contribution is 2.35. The molecule has 0 spiro atoms. The molecule has 1 aliphatic heterocycles. The first-order valence-corrected chi connectivity index (χ1v) is 12.3. The molecule has 3 heterocycles. The summed E-state index contributed by atoms with van der Waals surface area (Å²) in [6, 6.07) is 13.0. The topological polar surface area (TPSA) is 50.1 Å². The average Bonchev–Trinajstić information content (AvgIpc) is 3.32. The number of anilines is 1. The van der Waals surface area contributed by atoms with Crippen LogP contribution >= 0.6 is 0 Å². The monoisotopic (exact) mass is 512 g/mol. The first kappa shape index (κ1) is 25.1. The zero-order chi connectivity index (χ0) is 26.2. The van der Waals surface area contributed by atoms with E-state index >= 15 is 0 Å². The van der Waals surface area contributed by atoms with Gasteiger partial charge in [0.2, 0.25) is 0 Å². The normalized spacial score (nSPS) is 15.2. The van der Waals surface area contributed by atoms with Gasteiger partial charge in [-0.3, -0.25) is 9.58 Å². The van der Waals surface area contributed by atoms with Gasteiger partial charge in [0, 0.05) is 49.7 Å². The molecular formula is C27H28F4N6. The lowest BCUT2D eigenvalue weighted by Crippen LogP contribution is -2.45. The van der Waals surface area contributed by atoms with Crippen LogP contribution in [0.25, 0.3) is 22.2 Å². The summed E-state index contributed by atoms with van der Waals surface area (Å²) in [5.74, 6) is -0.0731. The Labute approximate surface area is 212 Å². The van der Waals surface area contributed by atoms with Gasteiger partial charge in [0.1, 0.15) is 11.5 Å². The molecule has 6 nitrogen and oxygen atoms in total. The molecule has 2 aromatic heterocycles. The lowest BCUT2D eigenvalue weighted by molar-refractivity contribution is -0.138. The van der Waals surface area contributed by atoms with E-state index in [1.165, 1.54) is 6.07 Å². The van der Waals surface area contributed by atoms with Crippen LogP contribution in [0.5, 0.6) is 0 Å². The highest BCUT2D eigenvalue weighted by molar-refractivity contribution is 5.99. The summed E-state index contributed by atoms with van der Waals surface area (Å²) >= 11 is 0. The predicted octanol–water partition coefficient (Wildman–Crippen LogP) is 5.68. The van der Waals surface area contributed by atoms with Crippen molar-refractivity contribution in [3.8, 4) is 11.4 Å². The molecule has 0 saturated carbocycles. The van der Waals surface area contributed by atoms with Crippen molar-refractivity contribution in [3.05, 3.63) is 71.7 Å². The van der Waals surface area contributed by atoms with Crippen molar-refractivity contribution in [2.24, 2.45) is 7.05 Å². The van der Waals surface area contributed by atoms with Gasteiger partial charge >= 0.3 is 6.18 Å². The zero-order valence-corrected chi connectivity index (χ0v) is 20.7. The molecule has 0 aliphatic carbocycles. The van der Waals surface area contributed by atoms with Gasteiger partial charge in [-0.2, -0.15) is 18.3 Å². The fourth-order valence-electron chi connectivity index (χ4n) is 5.23. The largest absolute Gasteiger partial charge is 0.416 e. The lowest BCUT2D eigenvalue weighted by atomic mass is 10.00. The average molecular weight is 513 g/mol. The molecule has 194 valence electrons. The summed E-state index contributed by atoms with van der Waals surface area (Å²) in [6.07, 6.45) is -1.32. The van der Waals surface area contributed by atoms with Gasteiger partial charge < -0.3 is 4.90 Å². The molecule has 5 rings (SSSR count). The first-order valence-electron chi connectivity index (χ1n) is 12.3. The molecule has 0 radical (unpaired) electrons. The number of hydrogen-bond donors (Lipinski definition) is 0. The molecule has 1 saturated heterocycles. The molecule has 0 unspecified atom stereocenters. The van der Waals surface area contributed by atoms with Gasteiger partial charge in [0.15, 0.2) is 5.82 Å². The van der Waals surface area contributed by atoms with Gasteiger partial charge in [-0.05, 0) is 43.1 Å². The van der Waals surface area contributed by atoms with E-state index in [0.717, 1.165) is 46.9 Å². The molecule has 0 amide bonds. The van der Waals surface area contributed by atoms with Crippen LogP contribution in [0.1, 0.15) is 30.9 Å². The minimum Gasteiger partial charge on any atom is -0.354 e. The Morgan fingerprint density at radius 3 is 2.38 bits per heavy atom. The van der Waals surface area contributed by atoms with Gasteiger partial charge in [0.05, 0.1) is 11.3 Å². The molecule has 1 fully saturated rings. The van der Waals surface area contributed by atoms with E-state index in [1.807, 2.05) is 44.3 Å². The molecule has 2 aromatic carbocycles. The van der Waals surface area contributed by atoms with Crippen molar-refractivity contribution in [1.29, 1.82) is 0 Å². The minimum absolute atomic E-state index is 0.0980. The third kappa shape index (κ3) is 5.02. The van der Waals surface area contributed by atoms with Crippen molar-refractivity contribution >= 4 is 16.6 Å². The van der Waals surface area contributed by atoms with Gasteiger partial charge in [-0.15, -0.1) is 10.2 Å². The van der Waals surface area contributed by atoms with E-state index in [4.69, 9.17) is 0 Å². The highest BCUT2D eigenvalue weighted by Gasteiger charge is 2.35. The van der Waals surface area contributed by atoms with Gasteiger partial charge in [-0.1, -0.05) is 37.3 Å². The molecule has 0 bridgehead atoms. The Balaban J connectivity index is 1.35. The second-order valence-electron chi connectivity index (χ2n) is 9.34. The summed E-state index contributed by atoms with van der Waals surface area (Å²) in [7, 11) is 1.87. The van der Waals surface area contributed by atoms with E-state index in [9.17, 15) is 17.6 Å². The Morgan fingerprint density at radius 1 is 1.00 bits per heavy atom.